The number of halogens is 3. The van der Waals surface area contributed by atoms with Gasteiger partial charge in [-0.05, 0) is 18.2 Å². The van der Waals surface area contributed by atoms with E-state index in [-0.39, 0.29) is 11.6 Å². The summed E-state index contributed by atoms with van der Waals surface area (Å²) in [5.41, 5.74) is 0.321. The van der Waals surface area contributed by atoms with Gasteiger partial charge in [-0.15, -0.1) is 0 Å². The monoisotopic (exact) mass is 346 g/mol. The van der Waals surface area contributed by atoms with Crippen molar-refractivity contribution in [1.82, 2.24) is 4.98 Å². The van der Waals surface area contributed by atoms with Gasteiger partial charge < -0.3 is 10.1 Å². The molecule has 0 amide bonds. The lowest BCUT2D eigenvalue weighted by Crippen LogP contribution is -2.25. The molecular weight excluding hydrogens is 333 g/mol. The van der Waals surface area contributed by atoms with Crippen LogP contribution < -0.4 is 10.1 Å². The van der Waals surface area contributed by atoms with Gasteiger partial charge in [-0.2, -0.15) is 13.2 Å². The van der Waals surface area contributed by atoms with Crippen molar-refractivity contribution in [2.45, 2.75) is 6.18 Å². The van der Waals surface area contributed by atoms with Gasteiger partial charge in [0.05, 0.1) is 18.3 Å². The van der Waals surface area contributed by atoms with Crippen molar-refractivity contribution in [3.05, 3.63) is 60.2 Å². The Morgan fingerprint density at radius 3 is 2.32 bits per heavy atom. The minimum atomic E-state index is -5.05. The Balaban J connectivity index is 2.31. The lowest BCUT2D eigenvalue weighted by Gasteiger charge is -2.17. The fourth-order valence-corrected chi connectivity index (χ4v) is 2.49. The normalized spacial score (nSPS) is 11.4. The van der Waals surface area contributed by atoms with Gasteiger partial charge in [-0.25, -0.2) is 4.98 Å². The number of hydrogen-bond acceptors (Lipinski definition) is 4. The molecule has 0 aliphatic rings. The van der Waals surface area contributed by atoms with E-state index in [1.807, 2.05) is 0 Å². The number of ketones is 1. The van der Waals surface area contributed by atoms with Crippen LogP contribution in [0.3, 0.4) is 0 Å². The van der Waals surface area contributed by atoms with Crippen LogP contribution in [0.1, 0.15) is 10.4 Å². The van der Waals surface area contributed by atoms with Crippen molar-refractivity contribution in [2.75, 3.05) is 12.4 Å². The molecule has 0 aliphatic carbocycles. The molecule has 0 saturated carbocycles. The van der Waals surface area contributed by atoms with E-state index in [0.717, 1.165) is 0 Å². The van der Waals surface area contributed by atoms with Gasteiger partial charge in [0.25, 0.3) is 5.78 Å². The molecular formula is C18H13F3N2O2. The van der Waals surface area contributed by atoms with Gasteiger partial charge in [-0.3, -0.25) is 4.79 Å². The standard InChI is InChI=1S/C18H13F3N2O2/c1-25-17-14(16(24)18(19,20)21)15(22-11-7-3-2-4-8-11)12-9-5-6-10-13(12)23-17/h2-10H,1H3,(H,22,23). The maximum Gasteiger partial charge on any atom is 0.455 e. The van der Waals surface area contributed by atoms with Crippen LogP contribution in [0.5, 0.6) is 5.88 Å². The Labute approximate surface area is 141 Å². The van der Waals surface area contributed by atoms with Crippen molar-refractivity contribution < 1.29 is 22.7 Å². The first kappa shape index (κ1) is 16.8. The predicted molar refractivity (Wildman–Crippen MR) is 88.4 cm³/mol. The summed E-state index contributed by atoms with van der Waals surface area (Å²) in [4.78, 5) is 16.1. The highest BCUT2D eigenvalue weighted by molar-refractivity contribution is 6.13. The van der Waals surface area contributed by atoms with Crippen molar-refractivity contribution in [3.63, 3.8) is 0 Å². The summed E-state index contributed by atoms with van der Waals surface area (Å²) in [5, 5.41) is 3.29. The first-order valence-corrected chi connectivity index (χ1v) is 7.32. The molecule has 0 bridgehead atoms. The molecule has 7 heteroatoms. The quantitative estimate of drug-likeness (QED) is 0.694. The smallest absolute Gasteiger partial charge is 0.455 e. The number of para-hydroxylation sites is 2. The molecule has 0 saturated heterocycles. The van der Waals surface area contributed by atoms with Crippen LogP contribution in [0, 0.1) is 0 Å². The zero-order valence-electron chi connectivity index (χ0n) is 13.1. The largest absolute Gasteiger partial charge is 0.480 e. The Morgan fingerprint density at radius 1 is 1.04 bits per heavy atom. The predicted octanol–water partition coefficient (Wildman–Crippen LogP) is 4.73. The van der Waals surface area contributed by atoms with Gasteiger partial charge in [0.15, 0.2) is 0 Å². The number of hydrogen-bond donors (Lipinski definition) is 1. The molecule has 3 rings (SSSR count). The summed E-state index contributed by atoms with van der Waals surface area (Å²) >= 11 is 0. The lowest BCUT2D eigenvalue weighted by atomic mass is 10.0. The van der Waals surface area contributed by atoms with E-state index in [2.05, 4.69) is 10.3 Å². The Bertz CT molecular complexity index is 925. The van der Waals surface area contributed by atoms with E-state index < -0.39 is 17.5 Å². The molecule has 0 atom stereocenters. The highest BCUT2D eigenvalue weighted by Crippen LogP contribution is 2.38. The molecule has 0 unspecified atom stereocenters. The molecule has 0 aliphatic heterocycles. The summed E-state index contributed by atoms with van der Waals surface area (Å²) in [6.45, 7) is 0. The molecule has 1 N–H and O–H groups in total. The van der Waals surface area contributed by atoms with Crippen LogP contribution >= 0.6 is 0 Å². The lowest BCUT2D eigenvalue weighted by molar-refractivity contribution is -0.0886. The maximum absolute atomic E-state index is 13.1. The summed E-state index contributed by atoms with van der Waals surface area (Å²) in [6.07, 6.45) is -5.05. The number of alkyl halides is 3. The van der Waals surface area contributed by atoms with Crippen LogP contribution in [0.4, 0.5) is 24.5 Å². The Morgan fingerprint density at radius 2 is 1.68 bits per heavy atom. The summed E-state index contributed by atoms with van der Waals surface area (Å²) in [7, 11) is 1.18. The first-order valence-electron chi connectivity index (χ1n) is 7.32. The fourth-order valence-electron chi connectivity index (χ4n) is 2.49. The number of carbonyl (C=O) groups is 1. The second-order valence-corrected chi connectivity index (χ2v) is 5.21. The van der Waals surface area contributed by atoms with Crippen LogP contribution in [-0.4, -0.2) is 24.1 Å². The SMILES string of the molecule is COc1nc2ccccc2c(Nc2ccccc2)c1C(=O)C(F)(F)F. The Kier molecular flexibility index (Phi) is 4.31. The van der Waals surface area contributed by atoms with Gasteiger partial charge >= 0.3 is 6.18 Å². The van der Waals surface area contributed by atoms with Crippen LogP contribution in [0.2, 0.25) is 0 Å². The molecule has 0 radical (unpaired) electrons. The number of ether oxygens (including phenoxy) is 1. The highest BCUT2D eigenvalue weighted by Gasteiger charge is 2.43. The van der Waals surface area contributed by atoms with Crippen molar-refractivity contribution in [1.29, 1.82) is 0 Å². The average Bonchev–Trinajstić information content (AvgIpc) is 2.61. The number of rotatable bonds is 4. The molecule has 3 aromatic rings. The zero-order valence-corrected chi connectivity index (χ0v) is 13.1. The second-order valence-electron chi connectivity index (χ2n) is 5.21. The van der Waals surface area contributed by atoms with Crippen molar-refractivity contribution >= 4 is 28.1 Å². The van der Waals surface area contributed by atoms with Crippen LogP contribution in [0.25, 0.3) is 10.9 Å². The number of methoxy groups -OCH3 is 1. The third-order valence-corrected chi connectivity index (χ3v) is 3.58. The number of fused-ring (bicyclic) bond motifs is 1. The molecule has 1 heterocycles. The molecule has 0 fully saturated rings. The average molecular weight is 346 g/mol. The topological polar surface area (TPSA) is 51.2 Å². The number of aromatic nitrogens is 1. The van der Waals surface area contributed by atoms with Gasteiger partial charge in [-0.1, -0.05) is 36.4 Å². The number of benzene rings is 2. The van der Waals surface area contributed by atoms with Crippen LogP contribution in [0.15, 0.2) is 54.6 Å². The molecule has 128 valence electrons. The number of nitrogens with one attached hydrogen (secondary N) is 1. The number of anilines is 2. The van der Waals surface area contributed by atoms with E-state index in [0.29, 0.717) is 16.6 Å². The second kappa shape index (κ2) is 6.43. The van der Waals surface area contributed by atoms with Gasteiger partial charge in [0.1, 0.15) is 5.56 Å². The number of pyridine rings is 1. The highest BCUT2D eigenvalue weighted by atomic mass is 19.4. The molecule has 2 aromatic carbocycles. The Hall–Kier alpha value is -3.09. The first-order chi connectivity index (χ1) is 11.9. The third kappa shape index (κ3) is 3.26. The summed E-state index contributed by atoms with van der Waals surface area (Å²) < 4.78 is 44.3. The molecule has 1 aromatic heterocycles. The van der Waals surface area contributed by atoms with Crippen LogP contribution in [-0.2, 0) is 0 Å². The minimum absolute atomic E-state index is 0.0102. The molecule has 25 heavy (non-hydrogen) atoms. The van der Waals surface area contributed by atoms with Gasteiger partial charge in [0.2, 0.25) is 5.88 Å². The number of carbonyl (C=O) groups excluding carboxylic acids is 1. The number of Topliss-reactive ketones (excluding diaryl/α,β-unsaturated/α-hetero) is 1. The zero-order chi connectivity index (χ0) is 18.0. The van der Waals surface area contributed by atoms with E-state index >= 15 is 0 Å². The fraction of sp³-hybridized carbons (Fsp3) is 0.111. The van der Waals surface area contributed by atoms with Crippen molar-refractivity contribution in [2.24, 2.45) is 0 Å². The van der Waals surface area contributed by atoms with E-state index in [1.54, 1.807) is 54.6 Å². The summed E-state index contributed by atoms with van der Waals surface area (Å²) in [5.74, 6) is -2.39. The van der Waals surface area contributed by atoms with Gasteiger partial charge in [0, 0.05) is 11.1 Å². The minimum Gasteiger partial charge on any atom is -0.480 e. The third-order valence-electron chi connectivity index (χ3n) is 3.58. The molecule has 4 nitrogen and oxygen atoms in total. The number of nitrogens with zero attached hydrogens (tertiary/aromatic N) is 1. The van der Waals surface area contributed by atoms with E-state index in [9.17, 15) is 18.0 Å². The molecule has 0 spiro atoms. The van der Waals surface area contributed by atoms with E-state index in [4.69, 9.17) is 4.74 Å². The van der Waals surface area contributed by atoms with Crippen molar-refractivity contribution in [3.8, 4) is 5.88 Å². The van der Waals surface area contributed by atoms with E-state index in [1.165, 1.54) is 7.11 Å². The summed E-state index contributed by atoms with van der Waals surface area (Å²) in [6, 6.07) is 15.2. The maximum atomic E-state index is 13.1.